The van der Waals surface area contributed by atoms with Gasteiger partial charge in [-0.05, 0) is 31.0 Å². The van der Waals surface area contributed by atoms with Gasteiger partial charge in [0.15, 0.2) is 0 Å². The van der Waals surface area contributed by atoms with E-state index in [9.17, 15) is 5.11 Å². The average Bonchev–Trinajstić information content (AvgIpc) is 3.10. The summed E-state index contributed by atoms with van der Waals surface area (Å²) in [5.74, 6) is 0. The highest BCUT2D eigenvalue weighted by Gasteiger charge is 2.44. The van der Waals surface area contributed by atoms with Crippen molar-refractivity contribution < 1.29 is 9.63 Å². The van der Waals surface area contributed by atoms with Crippen LogP contribution in [-0.4, -0.2) is 62.7 Å². The molecule has 2 rings (SSSR count). The molecule has 0 radical (unpaired) electrons. The molecular weight excluding hydrogens is 268 g/mol. The van der Waals surface area contributed by atoms with E-state index >= 15 is 0 Å². The zero-order valence-electron chi connectivity index (χ0n) is 13.9. The van der Waals surface area contributed by atoms with Crippen molar-refractivity contribution in [2.24, 2.45) is 5.41 Å². The first-order valence-electron chi connectivity index (χ1n) is 7.95. The first kappa shape index (κ1) is 16.4. The maximum Gasteiger partial charge on any atom is 0.220 e. The lowest BCUT2D eigenvalue weighted by Gasteiger charge is -2.43. The molecule has 0 bridgehead atoms. The molecule has 0 atom stereocenters. The Labute approximate surface area is 125 Å². The fourth-order valence-electron chi connectivity index (χ4n) is 2.46. The third-order valence-corrected chi connectivity index (χ3v) is 9.67. The smallest absolute Gasteiger partial charge is 0.220 e. The lowest BCUT2D eigenvalue weighted by Crippen LogP contribution is -2.53. The van der Waals surface area contributed by atoms with Crippen LogP contribution in [0.15, 0.2) is 0 Å². The Morgan fingerprint density at radius 1 is 1.10 bits per heavy atom. The number of piperazine rings is 1. The zero-order valence-corrected chi connectivity index (χ0v) is 14.9. The molecule has 1 saturated carbocycles. The standard InChI is InChI=1S/C15H32N2O2Si/c1-14(2,3)20(4,5)19-17-10-8-16(9-11-17)12-15(13-18)6-7-15/h18H,6-13H2,1-5H3. The van der Waals surface area contributed by atoms with Gasteiger partial charge in [-0.2, -0.15) is 5.06 Å². The Morgan fingerprint density at radius 2 is 1.65 bits per heavy atom. The quantitative estimate of drug-likeness (QED) is 0.791. The van der Waals surface area contributed by atoms with Crippen molar-refractivity contribution in [3.63, 3.8) is 0 Å². The highest BCUT2D eigenvalue weighted by Crippen LogP contribution is 2.45. The molecule has 1 saturated heterocycles. The lowest BCUT2D eigenvalue weighted by molar-refractivity contribution is -0.104. The minimum absolute atomic E-state index is 0.239. The molecule has 4 nitrogen and oxygen atoms in total. The molecule has 0 unspecified atom stereocenters. The van der Waals surface area contributed by atoms with Crippen LogP contribution in [0.3, 0.4) is 0 Å². The van der Waals surface area contributed by atoms with E-state index in [1.54, 1.807) is 0 Å². The zero-order chi connectivity index (χ0) is 15.0. The van der Waals surface area contributed by atoms with Crippen molar-refractivity contribution in [3.05, 3.63) is 0 Å². The van der Waals surface area contributed by atoms with Crippen LogP contribution in [0.5, 0.6) is 0 Å². The van der Waals surface area contributed by atoms with Gasteiger partial charge in [-0.15, -0.1) is 0 Å². The van der Waals surface area contributed by atoms with Crippen LogP contribution in [0, 0.1) is 5.41 Å². The van der Waals surface area contributed by atoms with E-state index in [0.717, 1.165) is 32.7 Å². The van der Waals surface area contributed by atoms with Crippen molar-refractivity contribution in [2.45, 2.75) is 51.7 Å². The van der Waals surface area contributed by atoms with Crippen LogP contribution >= 0.6 is 0 Å². The monoisotopic (exact) mass is 300 g/mol. The summed E-state index contributed by atoms with van der Waals surface area (Å²) in [7, 11) is -1.69. The van der Waals surface area contributed by atoms with E-state index in [1.807, 2.05) is 0 Å². The topological polar surface area (TPSA) is 35.9 Å². The Balaban J connectivity index is 1.77. The number of rotatable bonds is 5. The SMILES string of the molecule is CC(C)(C)[Si](C)(C)ON1CCN(CC2(CO)CC2)CC1. The maximum atomic E-state index is 9.43. The summed E-state index contributed by atoms with van der Waals surface area (Å²) in [4.78, 5) is 2.49. The first-order valence-corrected chi connectivity index (χ1v) is 10.9. The van der Waals surface area contributed by atoms with E-state index in [0.29, 0.717) is 6.61 Å². The second kappa shape index (κ2) is 5.69. The van der Waals surface area contributed by atoms with Crippen molar-refractivity contribution >= 4 is 8.32 Å². The molecule has 0 aromatic carbocycles. The molecule has 1 aliphatic carbocycles. The minimum atomic E-state index is -1.69. The van der Waals surface area contributed by atoms with Crippen LogP contribution in [0.25, 0.3) is 0 Å². The largest absolute Gasteiger partial charge is 0.396 e. The Kier molecular flexibility index (Phi) is 4.67. The molecular formula is C15H32N2O2Si. The van der Waals surface area contributed by atoms with Crippen molar-refractivity contribution in [1.29, 1.82) is 0 Å². The molecule has 0 spiro atoms. The first-order chi connectivity index (χ1) is 9.17. The van der Waals surface area contributed by atoms with Crippen LogP contribution in [0.2, 0.25) is 18.1 Å². The molecule has 0 aromatic rings. The molecule has 0 aromatic heterocycles. The fraction of sp³-hybridized carbons (Fsp3) is 1.00. The second-order valence-electron chi connectivity index (χ2n) is 8.21. The highest BCUT2D eigenvalue weighted by atomic mass is 28.4. The predicted molar refractivity (Wildman–Crippen MR) is 85.0 cm³/mol. The van der Waals surface area contributed by atoms with E-state index in [4.69, 9.17) is 4.53 Å². The summed E-state index contributed by atoms with van der Waals surface area (Å²) in [5.41, 5.74) is 0.239. The minimum Gasteiger partial charge on any atom is -0.396 e. The summed E-state index contributed by atoms with van der Waals surface area (Å²) in [6.45, 7) is 17.0. The Morgan fingerprint density at radius 3 is 2.05 bits per heavy atom. The third-order valence-electron chi connectivity index (χ3n) is 5.35. The molecule has 20 heavy (non-hydrogen) atoms. The Hall–Kier alpha value is 0.0569. The van der Waals surface area contributed by atoms with Crippen LogP contribution < -0.4 is 0 Å². The van der Waals surface area contributed by atoms with Gasteiger partial charge >= 0.3 is 0 Å². The molecule has 1 heterocycles. The van der Waals surface area contributed by atoms with Crippen LogP contribution in [0.4, 0.5) is 0 Å². The summed E-state index contributed by atoms with van der Waals surface area (Å²) in [6.07, 6.45) is 2.40. The summed E-state index contributed by atoms with van der Waals surface area (Å²) in [6, 6.07) is 0. The van der Waals surface area contributed by atoms with Crippen LogP contribution in [-0.2, 0) is 4.53 Å². The molecule has 0 amide bonds. The van der Waals surface area contributed by atoms with Gasteiger partial charge in [-0.1, -0.05) is 20.8 Å². The van der Waals surface area contributed by atoms with E-state index < -0.39 is 8.32 Å². The van der Waals surface area contributed by atoms with Gasteiger partial charge in [-0.25, -0.2) is 0 Å². The number of aliphatic hydroxyl groups is 1. The summed E-state index contributed by atoms with van der Waals surface area (Å²) >= 11 is 0. The van der Waals surface area contributed by atoms with Gasteiger partial charge in [-0.3, -0.25) is 4.90 Å². The fourth-order valence-corrected chi connectivity index (χ4v) is 3.56. The average molecular weight is 301 g/mol. The normalized spacial score (nSPS) is 24.9. The van der Waals surface area contributed by atoms with Gasteiger partial charge < -0.3 is 9.63 Å². The van der Waals surface area contributed by atoms with Crippen LogP contribution in [0.1, 0.15) is 33.6 Å². The number of hydrogen-bond acceptors (Lipinski definition) is 4. The summed E-state index contributed by atoms with van der Waals surface area (Å²) in [5, 5.41) is 11.9. The molecule has 2 fully saturated rings. The molecule has 2 aliphatic rings. The molecule has 1 N–H and O–H groups in total. The number of hydroxylamine groups is 2. The molecule has 118 valence electrons. The number of hydrogen-bond donors (Lipinski definition) is 1. The van der Waals surface area contributed by atoms with Gasteiger partial charge in [0.05, 0.1) is 0 Å². The third kappa shape index (κ3) is 3.83. The van der Waals surface area contributed by atoms with Gasteiger partial charge in [0, 0.05) is 44.7 Å². The van der Waals surface area contributed by atoms with Crippen molar-refractivity contribution in [3.8, 4) is 0 Å². The van der Waals surface area contributed by atoms with Gasteiger partial charge in [0.2, 0.25) is 8.32 Å². The second-order valence-corrected chi connectivity index (χ2v) is 12.9. The van der Waals surface area contributed by atoms with E-state index in [2.05, 4.69) is 43.8 Å². The van der Waals surface area contributed by atoms with Crippen molar-refractivity contribution in [2.75, 3.05) is 39.3 Å². The summed E-state index contributed by atoms with van der Waals surface area (Å²) < 4.78 is 6.36. The van der Waals surface area contributed by atoms with Crippen molar-refractivity contribution in [1.82, 2.24) is 9.96 Å². The van der Waals surface area contributed by atoms with E-state index in [1.165, 1.54) is 12.8 Å². The number of nitrogens with zero attached hydrogens (tertiary/aromatic N) is 2. The van der Waals surface area contributed by atoms with Gasteiger partial charge in [0.25, 0.3) is 0 Å². The lowest BCUT2D eigenvalue weighted by atomic mass is 10.1. The molecule has 1 aliphatic heterocycles. The van der Waals surface area contributed by atoms with Gasteiger partial charge in [0.1, 0.15) is 0 Å². The predicted octanol–water partition coefficient (Wildman–Crippen LogP) is 2.31. The maximum absolute atomic E-state index is 9.43. The number of aliphatic hydroxyl groups excluding tert-OH is 1. The molecule has 5 heteroatoms. The highest BCUT2D eigenvalue weighted by molar-refractivity contribution is 6.74. The van der Waals surface area contributed by atoms with E-state index in [-0.39, 0.29) is 10.5 Å². The Bertz CT molecular complexity index is 329.